The molecule has 0 saturated heterocycles. The molecule has 2 rings (SSSR count). The van der Waals surface area contributed by atoms with E-state index < -0.39 is 0 Å². The van der Waals surface area contributed by atoms with Crippen molar-refractivity contribution in [3.8, 4) is 16.9 Å². The van der Waals surface area contributed by atoms with Gasteiger partial charge in [-0.2, -0.15) is 0 Å². The minimum atomic E-state index is 0.762. The van der Waals surface area contributed by atoms with Gasteiger partial charge < -0.3 is 10.5 Å². The highest BCUT2D eigenvalue weighted by molar-refractivity contribution is 5.72. The van der Waals surface area contributed by atoms with Crippen LogP contribution in [-0.2, 0) is 0 Å². The van der Waals surface area contributed by atoms with Gasteiger partial charge in [0.25, 0.3) is 0 Å². The molecule has 2 heteroatoms. The largest absolute Gasteiger partial charge is 0.496 e. The first-order valence-electron chi connectivity index (χ1n) is 4.80. The van der Waals surface area contributed by atoms with Gasteiger partial charge in [0.1, 0.15) is 5.75 Å². The summed E-state index contributed by atoms with van der Waals surface area (Å²) in [4.78, 5) is 0. The van der Waals surface area contributed by atoms with E-state index in [-0.39, 0.29) is 0 Å². The normalized spacial score (nSPS) is 9.93. The van der Waals surface area contributed by atoms with Gasteiger partial charge in [0, 0.05) is 11.3 Å². The Hall–Kier alpha value is -1.96. The van der Waals surface area contributed by atoms with E-state index >= 15 is 0 Å². The van der Waals surface area contributed by atoms with Crippen LogP contribution in [0.25, 0.3) is 11.1 Å². The van der Waals surface area contributed by atoms with Crippen LogP contribution < -0.4 is 10.5 Å². The Kier molecular flexibility index (Phi) is 2.59. The third-order valence-corrected chi connectivity index (χ3v) is 2.30. The van der Waals surface area contributed by atoms with Crippen molar-refractivity contribution in [3.05, 3.63) is 48.5 Å². The number of rotatable bonds is 2. The van der Waals surface area contributed by atoms with Crippen molar-refractivity contribution in [2.45, 2.75) is 0 Å². The number of ether oxygens (including phenoxy) is 1. The average molecular weight is 199 g/mol. The van der Waals surface area contributed by atoms with Crippen LogP contribution in [0.15, 0.2) is 48.5 Å². The molecule has 2 N–H and O–H groups in total. The maximum absolute atomic E-state index is 5.75. The molecule has 0 amide bonds. The molecule has 0 fully saturated rings. The molecule has 2 aromatic rings. The third kappa shape index (κ3) is 1.94. The molecular formula is C13H13NO. The van der Waals surface area contributed by atoms with Crippen molar-refractivity contribution in [1.29, 1.82) is 0 Å². The first kappa shape index (κ1) is 9.59. The molecule has 0 saturated carbocycles. The standard InChI is InChI=1S/C13H13NO/c1-15-13-8-3-2-7-12(13)10-5-4-6-11(14)9-10/h2-9H,14H2,1H3. The smallest absolute Gasteiger partial charge is 0.126 e. The van der Waals surface area contributed by atoms with Gasteiger partial charge >= 0.3 is 0 Å². The molecule has 0 heterocycles. The zero-order chi connectivity index (χ0) is 10.7. The van der Waals surface area contributed by atoms with Crippen molar-refractivity contribution in [1.82, 2.24) is 0 Å². The van der Waals surface area contributed by atoms with E-state index in [4.69, 9.17) is 10.5 Å². The quantitative estimate of drug-likeness (QED) is 0.755. The van der Waals surface area contributed by atoms with Gasteiger partial charge in [0.05, 0.1) is 7.11 Å². The summed E-state index contributed by atoms with van der Waals surface area (Å²) in [6.45, 7) is 0. The fourth-order valence-corrected chi connectivity index (χ4v) is 1.59. The van der Waals surface area contributed by atoms with Crippen LogP contribution in [0.5, 0.6) is 5.75 Å². The Bertz CT molecular complexity index is 466. The number of methoxy groups -OCH3 is 1. The molecule has 76 valence electrons. The fraction of sp³-hybridized carbons (Fsp3) is 0.0769. The predicted octanol–water partition coefficient (Wildman–Crippen LogP) is 2.94. The molecule has 0 aliphatic carbocycles. The summed E-state index contributed by atoms with van der Waals surface area (Å²) in [5.74, 6) is 0.864. The molecule has 2 nitrogen and oxygen atoms in total. The highest BCUT2D eigenvalue weighted by atomic mass is 16.5. The van der Waals surface area contributed by atoms with Crippen LogP contribution in [0.3, 0.4) is 0 Å². The van der Waals surface area contributed by atoms with Crippen LogP contribution in [0.1, 0.15) is 0 Å². The molecule has 0 aliphatic rings. The highest BCUT2D eigenvalue weighted by Crippen LogP contribution is 2.30. The molecular weight excluding hydrogens is 186 g/mol. The monoisotopic (exact) mass is 199 g/mol. The second-order valence-corrected chi connectivity index (χ2v) is 3.33. The maximum atomic E-state index is 5.75. The molecule has 0 aliphatic heterocycles. The van der Waals surface area contributed by atoms with Crippen LogP contribution >= 0.6 is 0 Å². The highest BCUT2D eigenvalue weighted by Gasteiger charge is 2.03. The molecule has 15 heavy (non-hydrogen) atoms. The SMILES string of the molecule is COc1ccccc1-c1cccc(N)c1. The summed E-state index contributed by atoms with van der Waals surface area (Å²) in [5.41, 5.74) is 8.65. The lowest BCUT2D eigenvalue weighted by atomic mass is 10.0. The van der Waals surface area contributed by atoms with Gasteiger partial charge in [-0.3, -0.25) is 0 Å². The summed E-state index contributed by atoms with van der Waals surface area (Å²) < 4.78 is 5.30. The lowest BCUT2D eigenvalue weighted by molar-refractivity contribution is 0.416. The number of anilines is 1. The third-order valence-electron chi connectivity index (χ3n) is 2.30. The lowest BCUT2D eigenvalue weighted by Gasteiger charge is -2.08. The molecule has 2 aromatic carbocycles. The number of hydrogen-bond donors (Lipinski definition) is 1. The summed E-state index contributed by atoms with van der Waals surface area (Å²) in [6.07, 6.45) is 0. The van der Waals surface area contributed by atoms with Gasteiger partial charge in [0.2, 0.25) is 0 Å². The van der Waals surface area contributed by atoms with Crippen molar-refractivity contribution in [3.63, 3.8) is 0 Å². The number of benzene rings is 2. The Labute approximate surface area is 89.3 Å². The number of nitrogen functional groups attached to an aromatic ring is 1. The molecule has 0 spiro atoms. The van der Waals surface area contributed by atoms with Crippen molar-refractivity contribution in [2.75, 3.05) is 12.8 Å². The number of nitrogens with two attached hydrogens (primary N) is 1. The van der Waals surface area contributed by atoms with Crippen LogP contribution in [-0.4, -0.2) is 7.11 Å². The first-order chi connectivity index (χ1) is 7.31. The first-order valence-corrected chi connectivity index (χ1v) is 4.80. The number of hydrogen-bond acceptors (Lipinski definition) is 2. The second-order valence-electron chi connectivity index (χ2n) is 3.33. The molecule has 0 unspecified atom stereocenters. The van der Waals surface area contributed by atoms with Gasteiger partial charge in [0.15, 0.2) is 0 Å². The van der Waals surface area contributed by atoms with E-state index in [1.165, 1.54) is 0 Å². The van der Waals surface area contributed by atoms with Gasteiger partial charge in [-0.05, 0) is 23.8 Å². The van der Waals surface area contributed by atoms with E-state index in [9.17, 15) is 0 Å². The number of para-hydroxylation sites is 1. The van der Waals surface area contributed by atoms with Crippen LogP contribution in [0.4, 0.5) is 5.69 Å². The zero-order valence-electron chi connectivity index (χ0n) is 8.60. The Balaban J connectivity index is 2.53. The fourth-order valence-electron chi connectivity index (χ4n) is 1.59. The van der Waals surface area contributed by atoms with Gasteiger partial charge in [-0.1, -0.05) is 30.3 Å². The molecule has 0 bridgehead atoms. The second kappa shape index (κ2) is 4.05. The van der Waals surface area contributed by atoms with Crippen molar-refractivity contribution in [2.24, 2.45) is 0 Å². The zero-order valence-corrected chi connectivity index (χ0v) is 8.60. The summed E-state index contributed by atoms with van der Waals surface area (Å²) >= 11 is 0. The Morgan fingerprint density at radius 2 is 1.80 bits per heavy atom. The Morgan fingerprint density at radius 3 is 2.53 bits per heavy atom. The van der Waals surface area contributed by atoms with Gasteiger partial charge in [-0.25, -0.2) is 0 Å². The summed E-state index contributed by atoms with van der Waals surface area (Å²) in [6, 6.07) is 15.7. The van der Waals surface area contributed by atoms with Gasteiger partial charge in [-0.15, -0.1) is 0 Å². The van der Waals surface area contributed by atoms with E-state index in [0.29, 0.717) is 0 Å². The lowest BCUT2D eigenvalue weighted by Crippen LogP contribution is -1.89. The molecule has 0 atom stereocenters. The van der Waals surface area contributed by atoms with E-state index in [0.717, 1.165) is 22.6 Å². The molecule has 0 radical (unpaired) electrons. The van der Waals surface area contributed by atoms with Crippen LogP contribution in [0, 0.1) is 0 Å². The minimum absolute atomic E-state index is 0.762. The Morgan fingerprint density at radius 1 is 1.00 bits per heavy atom. The van der Waals surface area contributed by atoms with E-state index in [1.807, 2.05) is 48.5 Å². The van der Waals surface area contributed by atoms with Crippen molar-refractivity contribution >= 4 is 5.69 Å². The summed E-state index contributed by atoms with van der Waals surface area (Å²) in [5, 5.41) is 0. The van der Waals surface area contributed by atoms with E-state index in [1.54, 1.807) is 7.11 Å². The minimum Gasteiger partial charge on any atom is -0.496 e. The predicted molar refractivity (Wildman–Crippen MR) is 62.8 cm³/mol. The summed E-state index contributed by atoms with van der Waals surface area (Å²) in [7, 11) is 1.67. The maximum Gasteiger partial charge on any atom is 0.126 e. The molecule has 0 aromatic heterocycles. The topological polar surface area (TPSA) is 35.2 Å². The van der Waals surface area contributed by atoms with Crippen molar-refractivity contribution < 1.29 is 4.74 Å². The van der Waals surface area contributed by atoms with E-state index in [2.05, 4.69) is 0 Å². The average Bonchev–Trinajstić information content (AvgIpc) is 2.29. The van der Waals surface area contributed by atoms with Crippen LogP contribution in [0.2, 0.25) is 0 Å².